The lowest BCUT2D eigenvalue weighted by molar-refractivity contribution is -0.118. The lowest BCUT2D eigenvalue weighted by Gasteiger charge is -2.21. The number of benzene rings is 2. The summed E-state index contributed by atoms with van der Waals surface area (Å²) in [5, 5.41) is 8.38. The summed E-state index contributed by atoms with van der Waals surface area (Å²) in [5.74, 6) is -3.83. The van der Waals surface area contributed by atoms with Gasteiger partial charge in [-0.25, -0.2) is 13.8 Å². The summed E-state index contributed by atoms with van der Waals surface area (Å²) in [6.45, 7) is 5.41. The van der Waals surface area contributed by atoms with Crippen LogP contribution in [0.4, 0.5) is 13.9 Å². The van der Waals surface area contributed by atoms with Gasteiger partial charge in [0, 0.05) is 27.5 Å². The predicted molar refractivity (Wildman–Crippen MR) is 125 cm³/mol. The summed E-state index contributed by atoms with van der Waals surface area (Å²) in [6, 6.07) is 10.0. The largest absolute Gasteiger partial charge is 0.358 e. The second-order valence-corrected chi connectivity index (χ2v) is 8.85. The zero-order chi connectivity index (χ0) is 23.7. The molecule has 0 saturated carbocycles. The molecule has 6 nitrogen and oxygen atoms in total. The third kappa shape index (κ3) is 4.49. The number of H-pyrrole nitrogens is 1. The number of amides is 2. The number of rotatable bonds is 6. The van der Waals surface area contributed by atoms with Gasteiger partial charge < -0.3 is 15.6 Å². The standard InChI is InChI=1S/C24H22F2N4O2S/c1-12(2)21(29-22(31)20-15(25)8-6-9-16(20)26)23(32)30-24-28-18(11-33-24)19-13(3)27-17-10-5-4-7-14(17)19/h4-12,21,27H,1-3H3,(H,29,31)(H,28,30,32)/t21-/m0/s1. The number of carbonyl (C=O) groups excluding carboxylic acids is 2. The lowest BCUT2D eigenvalue weighted by Crippen LogP contribution is -2.47. The minimum Gasteiger partial charge on any atom is -0.358 e. The van der Waals surface area contributed by atoms with Gasteiger partial charge in [0.25, 0.3) is 5.91 Å². The molecule has 170 valence electrons. The van der Waals surface area contributed by atoms with E-state index in [1.165, 1.54) is 17.4 Å². The Balaban J connectivity index is 1.54. The number of aromatic amines is 1. The Labute approximate surface area is 193 Å². The number of fused-ring (bicyclic) bond motifs is 1. The van der Waals surface area contributed by atoms with Gasteiger partial charge >= 0.3 is 0 Å². The van der Waals surface area contributed by atoms with Gasteiger partial charge in [-0.15, -0.1) is 11.3 Å². The van der Waals surface area contributed by atoms with Crippen LogP contribution in [-0.2, 0) is 4.79 Å². The number of aryl methyl sites for hydroxylation is 1. The van der Waals surface area contributed by atoms with Crippen LogP contribution < -0.4 is 10.6 Å². The molecule has 0 unspecified atom stereocenters. The Morgan fingerprint density at radius 3 is 2.45 bits per heavy atom. The van der Waals surface area contributed by atoms with Gasteiger partial charge in [0.2, 0.25) is 5.91 Å². The zero-order valence-electron chi connectivity index (χ0n) is 18.2. The van der Waals surface area contributed by atoms with Gasteiger partial charge in [-0.3, -0.25) is 9.59 Å². The van der Waals surface area contributed by atoms with E-state index < -0.39 is 35.1 Å². The molecule has 0 radical (unpaired) electrons. The average molecular weight is 469 g/mol. The van der Waals surface area contributed by atoms with Crippen molar-refractivity contribution in [3.8, 4) is 11.3 Å². The van der Waals surface area contributed by atoms with Crippen molar-refractivity contribution in [2.45, 2.75) is 26.8 Å². The highest BCUT2D eigenvalue weighted by atomic mass is 32.1. The molecule has 2 aromatic carbocycles. The molecular weight excluding hydrogens is 446 g/mol. The Kier molecular flexibility index (Phi) is 6.24. The lowest BCUT2D eigenvalue weighted by atomic mass is 10.0. The van der Waals surface area contributed by atoms with Crippen LogP contribution in [0.3, 0.4) is 0 Å². The van der Waals surface area contributed by atoms with E-state index in [-0.39, 0.29) is 5.92 Å². The second-order valence-electron chi connectivity index (χ2n) is 7.99. The van der Waals surface area contributed by atoms with Crippen LogP contribution in [0.2, 0.25) is 0 Å². The minimum absolute atomic E-state index is 0.334. The number of aromatic nitrogens is 2. The van der Waals surface area contributed by atoms with E-state index in [1.54, 1.807) is 13.8 Å². The Bertz CT molecular complexity index is 1330. The first-order valence-corrected chi connectivity index (χ1v) is 11.2. The Hall–Kier alpha value is -3.59. The van der Waals surface area contributed by atoms with Crippen molar-refractivity contribution in [3.05, 3.63) is 70.7 Å². The summed E-state index contributed by atoms with van der Waals surface area (Å²) in [5.41, 5.74) is 2.89. The highest BCUT2D eigenvalue weighted by Crippen LogP contribution is 2.34. The molecule has 4 aromatic rings. The molecule has 2 heterocycles. The molecular formula is C24H22F2N4O2S. The number of para-hydroxylation sites is 1. The van der Waals surface area contributed by atoms with Gasteiger partial charge in [0.15, 0.2) is 5.13 Å². The molecule has 9 heteroatoms. The minimum atomic E-state index is -1.02. The van der Waals surface area contributed by atoms with Crippen molar-refractivity contribution < 1.29 is 18.4 Å². The normalized spacial score (nSPS) is 12.2. The van der Waals surface area contributed by atoms with Crippen LogP contribution in [0.15, 0.2) is 47.8 Å². The van der Waals surface area contributed by atoms with Crippen molar-refractivity contribution >= 4 is 39.2 Å². The van der Waals surface area contributed by atoms with E-state index in [1.807, 2.05) is 36.6 Å². The summed E-state index contributed by atoms with van der Waals surface area (Å²) in [6.07, 6.45) is 0. The molecule has 0 fully saturated rings. The van der Waals surface area contributed by atoms with E-state index in [9.17, 15) is 18.4 Å². The summed E-state index contributed by atoms with van der Waals surface area (Å²) in [4.78, 5) is 33.3. The smallest absolute Gasteiger partial charge is 0.257 e. The fourth-order valence-electron chi connectivity index (χ4n) is 3.70. The van der Waals surface area contributed by atoms with Crippen molar-refractivity contribution in [2.24, 2.45) is 5.92 Å². The van der Waals surface area contributed by atoms with Gasteiger partial charge in [0.1, 0.15) is 23.2 Å². The van der Waals surface area contributed by atoms with Crippen LogP contribution >= 0.6 is 11.3 Å². The zero-order valence-corrected chi connectivity index (χ0v) is 19.0. The molecule has 0 aliphatic rings. The van der Waals surface area contributed by atoms with Crippen LogP contribution in [0, 0.1) is 24.5 Å². The molecule has 0 bridgehead atoms. The van der Waals surface area contributed by atoms with E-state index in [0.717, 1.165) is 34.3 Å². The molecule has 3 N–H and O–H groups in total. The maximum atomic E-state index is 14.0. The number of carbonyl (C=O) groups is 2. The highest BCUT2D eigenvalue weighted by molar-refractivity contribution is 7.14. The van der Waals surface area contributed by atoms with Gasteiger partial charge in [0.05, 0.1) is 5.69 Å². The molecule has 4 rings (SSSR count). The van der Waals surface area contributed by atoms with Gasteiger partial charge in [-0.2, -0.15) is 0 Å². The topological polar surface area (TPSA) is 86.9 Å². The number of nitrogens with zero attached hydrogens (tertiary/aromatic N) is 1. The monoisotopic (exact) mass is 468 g/mol. The summed E-state index contributed by atoms with van der Waals surface area (Å²) in [7, 11) is 0. The molecule has 0 aliphatic carbocycles. The van der Waals surface area contributed by atoms with Gasteiger partial charge in [-0.1, -0.05) is 38.1 Å². The number of hydrogen-bond donors (Lipinski definition) is 3. The molecule has 1 atom stereocenters. The van der Waals surface area contributed by atoms with Crippen molar-refractivity contribution in [3.63, 3.8) is 0 Å². The van der Waals surface area contributed by atoms with Crippen LogP contribution in [0.25, 0.3) is 22.2 Å². The van der Waals surface area contributed by atoms with Crippen molar-refractivity contribution in [1.82, 2.24) is 15.3 Å². The number of halogens is 2. The highest BCUT2D eigenvalue weighted by Gasteiger charge is 2.28. The molecule has 2 amide bonds. The van der Waals surface area contributed by atoms with Crippen molar-refractivity contribution in [1.29, 1.82) is 0 Å². The fourth-order valence-corrected chi connectivity index (χ4v) is 4.40. The fraction of sp³-hybridized carbons (Fsp3) is 0.208. The third-order valence-corrected chi connectivity index (χ3v) is 6.07. The summed E-state index contributed by atoms with van der Waals surface area (Å²) >= 11 is 1.25. The SMILES string of the molecule is Cc1[nH]c2ccccc2c1-c1csc(NC(=O)[C@@H](NC(=O)c2c(F)cccc2F)C(C)C)n1. The second kappa shape index (κ2) is 9.11. The quantitative estimate of drug-likeness (QED) is 0.360. The maximum Gasteiger partial charge on any atom is 0.257 e. The van der Waals surface area contributed by atoms with E-state index in [4.69, 9.17) is 0 Å². The molecule has 0 spiro atoms. The first kappa shape index (κ1) is 22.6. The van der Waals surface area contributed by atoms with E-state index in [2.05, 4.69) is 20.6 Å². The number of anilines is 1. The third-order valence-electron chi connectivity index (χ3n) is 5.31. The van der Waals surface area contributed by atoms with E-state index >= 15 is 0 Å². The number of thiazole rings is 1. The van der Waals surface area contributed by atoms with E-state index in [0.29, 0.717) is 10.8 Å². The first-order valence-electron chi connectivity index (χ1n) is 10.3. The van der Waals surface area contributed by atoms with Crippen molar-refractivity contribution in [2.75, 3.05) is 5.32 Å². The molecule has 33 heavy (non-hydrogen) atoms. The number of hydrogen-bond acceptors (Lipinski definition) is 4. The van der Waals surface area contributed by atoms with Crippen LogP contribution in [-0.4, -0.2) is 27.8 Å². The van der Waals surface area contributed by atoms with Crippen LogP contribution in [0.1, 0.15) is 29.9 Å². The average Bonchev–Trinajstić information content (AvgIpc) is 3.34. The summed E-state index contributed by atoms with van der Waals surface area (Å²) < 4.78 is 27.9. The van der Waals surface area contributed by atoms with Crippen LogP contribution in [0.5, 0.6) is 0 Å². The number of nitrogens with one attached hydrogen (secondary N) is 3. The molecule has 2 aromatic heterocycles. The van der Waals surface area contributed by atoms with Gasteiger partial charge in [-0.05, 0) is 31.0 Å². The first-order chi connectivity index (χ1) is 15.8. The maximum absolute atomic E-state index is 14.0. The molecule has 0 aliphatic heterocycles. The molecule has 0 saturated heterocycles. The predicted octanol–water partition coefficient (Wildman–Crippen LogP) is 5.27. The Morgan fingerprint density at radius 1 is 1.06 bits per heavy atom. The Morgan fingerprint density at radius 2 is 1.76 bits per heavy atom.